The van der Waals surface area contributed by atoms with E-state index in [1.807, 2.05) is 38.1 Å². The molecule has 3 aromatic rings. The van der Waals surface area contributed by atoms with Crippen LogP contribution in [0, 0.1) is 20.8 Å². The molecule has 2 N–H and O–H groups in total. The number of aromatic nitrogens is 4. The molecule has 21 heavy (non-hydrogen) atoms. The van der Waals surface area contributed by atoms with Gasteiger partial charge < -0.3 is 9.73 Å². The molecule has 0 radical (unpaired) electrons. The van der Waals surface area contributed by atoms with Gasteiger partial charge in [-0.3, -0.25) is 5.10 Å². The molecule has 2 aromatic heterocycles. The van der Waals surface area contributed by atoms with Crippen molar-refractivity contribution in [2.45, 2.75) is 27.3 Å². The number of benzene rings is 1. The van der Waals surface area contributed by atoms with Crippen molar-refractivity contribution in [1.82, 2.24) is 20.4 Å². The maximum Gasteiger partial charge on any atom is 0.249 e. The average Bonchev–Trinajstić information content (AvgIpc) is 3.04. The predicted octanol–water partition coefficient (Wildman–Crippen LogP) is 3.00. The third-order valence-electron chi connectivity index (χ3n) is 3.42. The second-order valence-corrected chi connectivity index (χ2v) is 4.94. The molecule has 2 heterocycles. The van der Waals surface area contributed by atoms with E-state index in [9.17, 15) is 0 Å². The van der Waals surface area contributed by atoms with Crippen molar-refractivity contribution in [3.63, 3.8) is 0 Å². The number of H-pyrrole nitrogens is 1. The Bertz CT molecular complexity index is 740. The van der Waals surface area contributed by atoms with Crippen LogP contribution in [-0.4, -0.2) is 20.4 Å². The van der Waals surface area contributed by atoms with E-state index < -0.39 is 0 Å². The maximum atomic E-state index is 5.51. The summed E-state index contributed by atoms with van der Waals surface area (Å²) in [6, 6.07) is 7.89. The van der Waals surface area contributed by atoms with E-state index >= 15 is 0 Å². The number of hydrogen-bond acceptors (Lipinski definition) is 5. The van der Waals surface area contributed by atoms with Gasteiger partial charge >= 0.3 is 0 Å². The van der Waals surface area contributed by atoms with Crippen molar-refractivity contribution in [2.24, 2.45) is 0 Å². The summed E-state index contributed by atoms with van der Waals surface area (Å²) < 4.78 is 5.51. The van der Waals surface area contributed by atoms with Gasteiger partial charge in [-0.25, -0.2) is 0 Å². The molecule has 0 aliphatic rings. The van der Waals surface area contributed by atoms with Gasteiger partial charge in [-0.2, -0.15) is 5.10 Å². The minimum atomic E-state index is 0.524. The molecule has 0 saturated heterocycles. The van der Waals surface area contributed by atoms with Gasteiger partial charge in [0, 0.05) is 30.4 Å². The standard InChI is InChI=1S/C15H17N5O/c1-9-13(10(2)18-17-9)8-16-14-7-5-4-6-12(14)15-20-19-11(3)21-15/h4-7,16H,8H2,1-3H3,(H,17,18). The largest absolute Gasteiger partial charge is 0.421 e. The number of para-hydroxylation sites is 1. The predicted molar refractivity (Wildman–Crippen MR) is 79.9 cm³/mol. The van der Waals surface area contributed by atoms with Crippen LogP contribution < -0.4 is 5.32 Å². The molecule has 0 saturated carbocycles. The molecule has 0 spiro atoms. The first-order chi connectivity index (χ1) is 10.1. The molecule has 0 aliphatic heterocycles. The van der Waals surface area contributed by atoms with Gasteiger partial charge in [0.2, 0.25) is 11.8 Å². The molecule has 6 nitrogen and oxygen atoms in total. The Kier molecular flexibility index (Phi) is 3.43. The van der Waals surface area contributed by atoms with Crippen LogP contribution in [0.2, 0.25) is 0 Å². The van der Waals surface area contributed by atoms with E-state index in [0.29, 0.717) is 18.3 Å². The number of anilines is 1. The van der Waals surface area contributed by atoms with Gasteiger partial charge in [0.05, 0.1) is 11.3 Å². The number of aryl methyl sites for hydroxylation is 3. The molecule has 0 amide bonds. The monoisotopic (exact) mass is 283 g/mol. The summed E-state index contributed by atoms with van der Waals surface area (Å²) in [7, 11) is 0. The van der Waals surface area contributed by atoms with Crippen LogP contribution in [0.4, 0.5) is 5.69 Å². The summed E-state index contributed by atoms with van der Waals surface area (Å²) in [6.45, 7) is 6.49. The summed E-state index contributed by atoms with van der Waals surface area (Å²) in [5, 5.41) is 18.6. The van der Waals surface area contributed by atoms with Crippen molar-refractivity contribution < 1.29 is 4.42 Å². The van der Waals surface area contributed by atoms with Crippen molar-refractivity contribution in [2.75, 3.05) is 5.32 Å². The van der Waals surface area contributed by atoms with Crippen molar-refractivity contribution in [3.8, 4) is 11.5 Å². The summed E-state index contributed by atoms with van der Waals surface area (Å²) in [6.07, 6.45) is 0. The average molecular weight is 283 g/mol. The van der Waals surface area contributed by atoms with Crippen molar-refractivity contribution in [1.29, 1.82) is 0 Å². The first-order valence-electron chi connectivity index (χ1n) is 6.79. The van der Waals surface area contributed by atoms with E-state index in [4.69, 9.17) is 4.42 Å². The van der Waals surface area contributed by atoms with Crippen LogP contribution >= 0.6 is 0 Å². The number of rotatable bonds is 4. The molecule has 0 fully saturated rings. The number of nitrogens with zero attached hydrogens (tertiary/aromatic N) is 3. The third-order valence-corrected chi connectivity index (χ3v) is 3.42. The second-order valence-electron chi connectivity index (χ2n) is 4.94. The molecule has 0 bridgehead atoms. The van der Waals surface area contributed by atoms with Gasteiger partial charge in [0.1, 0.15) is 0 Å². The lowest BCUT2D eigenvalue weighted by atomic mass is 10.1. The molecule has 0 unspecified atom stereocenters. The highest BCUT2D eigenvalue weighted by Crippen LogP contribution is 2.27. The van der Waals surface area contributed by atoms with Gasteiger partial charge in [0.15, 0.2) is 0 Å². The number of aromatic amines is 1. The fourth-order valence-corrected chi connectivity index (χ4v) is 2.25. The lowest BCUT2D eigenvalue weighted by Gasteiger charge is -2.10. The quantitative estimate of drug-likeness (QED) is 0.769. The van der Waals surface area contributed by atoms with E-state index in [2.05, 4.69) is 25.7 Å². The second kappa shape index (κ2) is 5.40. The first kappa shape index (κ1) is 13.4. The topological polar surface area (TPSA) is 79.6 Å². The lowest BCUT2D eigenvalue weighted by molar-refractivity contribution is 0.533. The summed E-state index contributed by atoms with van der Waals surface area (Å²) in [4.78, 5) is 0. The smallest absolute Gasteiger partial charge is 0.249 e. The van der Waals surface area contributed by atoms with Gasteiger partial charge in [-0.05, 0) is 26.0 Å². The minimum absolute atomic E-state index is 0.524. The van der Waals surface area contributed by atoms with Crippen molar-refractivity contribution in [3.05, 3.63) is 47.1 Å². The minimum Gasteiger partial charge on any atom is -0.421 e. The zero-order valence-corrected chi connectivity index (χ0v) is 12.3. The summed E-state index contributed by atoms with van der Waals surface area (Å²) >= 11 is 0. The van der Waals surface area contributed by atoms with E-state index in [-0.39, 0.29) is 0 Å². The zero-order valence-electron chi connectivity index (χ0n) is 12.3. The molecule has 108 valence electrons. The van der Waals surface area contributed by atoms with E-state index in [1.165, 1.54) is 5.56 Å². The highest BCUT2D eigenvalue weighted by Gasteiger charge is 2.12. The van der Waals surface area contributed by atoms with Crippen molar-refractivity contribution >= 4 is 5.69 Å². The number of nitrogens with one attached hydrogen (secondary N) is 2. The Morgan fingerprint density at radius 3 is 2.62 bits per heavy atom. The van der Waals surface area contributed by atoms with Crippen LogP contribution in [0.5, 0.6) is 0 Å². The Labute approximate surface area is 122 Å². The normalized spacial score (nSPS) is 10.8. The molecule has 6 heteroatoms. The SMILES string of the molecule is Cc1nnc(-c2ccccc2NCc2c(C)n[nH]c2C)o1. The number of hydrogen-bond donors (Lipinski definition) is 2. The summed E-state index contributed by atoms with van der Waals surface area (Å²) in [5.74, 6) is 1.08. The Morgan fingerprint density at radius 1 is 1.14 bits per heavy atom. The van der Waals surface area contributed by atoms with Gasteiger partial charge in [-0.1, -0.05) is 12.1 Å². The molecule has 0 atom stereocenters. The maximum absolute atomic E-state index is 5.51. The molecule has 3 rings (SSSR count). The van der Waals surface area contributed by atoms with Crippen LogP contribution in [0.1, 0.15) is 22.8 Å². The fourth-order valence-electron chi connectivity index (χ4n) is 2.25. The zero-order chi connectivity index (χ0) is 14.8. The van der Waals surface area contributed by atoms with Crippen LogP contribution in [-0.2, 0) is 6.54 Å². The van der Waals surface area contributed by atoms with Gasteiger partial charge in [0.25, 0.3) is 0 Å². The first-order valence-corrected chi connectivity index (χ1v) is 6.79. The summed E-state index contributed by atoms with van der Waals surface area (Å²) in [5.41, 5.74) is 5.11. The molecule has 1 aromatic carbocycles. The lowest BCUT2D eigenvalue weighted by Crippen LogP contribution is -2.02. The fraction of sp³-hybridized carbons (Fsp3) is 0.267. The molecular weight excluding hydrogens is 266 g/mol. The van der Waals surface area contributed by atoms with E-state index in [0.717, 1.165) is 22.6 Å². The molecular formula is C15H17N5O. The van der Waals surface area contributed by atoms with Gasteiger partial charge in [-0.15, -0.1) is 10.2 Å². The Hall–Kier alpha value is -2.63. The van der Waals surface area contributed by atoms with Crippen LogP contribution in [0.15, 0.2) is 28.7 Å². The molecule has 0 aliphatic carbocycles. The highest BCUT2D eigenvalue weighted by molar-refractivity contribution is 5.72. The van der Waals surface area contributed by atoms with Crippen LogP contribution in [0.3, 0.4) is 0 Å². The highest BCUT2D eigenvalue weighted by atomic mass is 16.4. The Morgan fingerprint density at radius 2 is 1.95 bits per heavy atom. The van der Waals surface area contributed by atoms with E-state index in [1.54, 1.807) is 6.92 Å². The third kappa shape index (κ3) is 2.65. The van der Waals surface area contributed by atoms with Crippen LogP contribution in [0.25, 0.3) is 11.5 Å². The Balaban J connectivity index is 1.86.